The summed E-state index contributed by atoms with van der Waals surface area (Å²) in [5.74, 6) is 1.45. The third kappa shape index (κ3) is 3.90. The number of carbonyl (C=O) groups excluding carboxylic acids is 1. The zero-order valence-electron chi connectivity index (χ0n) is 14.5. The van der Waals surface area contributed by atoms with E-state index in [1.54, 1.807) is 25.6 Å². The van der Waals surface area contributed by atoms with Gasteiger partial charge >= 0.3 is 0 Å². The molecule has 0 unspecified atom stereocenters. The second-order valence-electron chi connectivity index (χ2n) is 6.28. The molecule has 132 valence electrons. The molecule has 3 rings (SSSR count). The number of amides is 1. The second kappa shape index (κ2) is 7.96. The lowest BCUT2D eigenvalue weighted by Crippen LogP contribution is -2.44. The molecule has 25 heavy (non-hydrogen) atoms. The number of benzene rings is 1. The van der Waals surface area contributed by atoms with Gasteiger partial charge in [-0.3, -0.25) is 4.79 Å². The Morgan fingerprint density at radius 1 is 1.16 bits per heavy atom. The largest absolute Gasteiger partial charge is 0.497 e. The molecular formula is C19H24N4O2. The van der Waals surface area contributed by atoms with Crippen LogP contribution in [0.3, 0.4) is 0 Å². The maximum Gasteiger partial charge on any atom is 0.230 e. The molecule has 1 aromatic heterocycles. The summed E-state index contributed by atoms with van der Waals surface area (Å²) >= 11 is 0. The van der Waals surface area contributed by atoms with Crippen molar-refractivity contribution < 1.29 is 9.53 Å². The first kappa shape index (κ1) is 17.2. The zero-order chi connectivity index (χ0) is 17.5. The van der Waals surface area contributed by atoms with Crippen LogP contribution in [-0.4, -0.2) is 36.1 Å². The number of carbonyl (C=O) groups is 1. The van der Waals surface area contributed by atoms with E-state index >= 15 is 0 Å². The van der Waals surface area contributed by atoms with Gasteiger partial charge in [0, 0.05) is 25.5 Å². The van der Waals surface area contributed by atoms with Gasteiger partial charge in [0.2, 0.25) is 11.9 Å². The van der Waals surface area contributed by atoms with Gasteiger partial charge in [-0.15, -0.1) is 0 Å². The van der Waals surface area contributed by atoms with Crippen molar-refractivity contribution in [3.8, 4) is 5.75 Å². The maximum atomic E-state index is 13.0. The van der Waals surface area contributed by atoms with Crippen molar-refractivity contribution in [1.82, 2.24) is 15.3 Å². The number of nitrogens with zero attached hydrogens (tertiary/aromatic N) is 2. The van der Waals surface area contributed by atoms with Gasteiger partial charge in [-0.2, -0.15) is 0 Å². The lowest BCUT2D eigenvalue weighted by Gasteiger charge is -2.28. The van der Waals surface area contributed by atoms with Crippen molar-refractivity contribution in [2.45, 2.75) is 31.1 Å². The summed E-state index contributed by atoms with van der Waals surface area (Å²) in [6.45, 7) is 1.12. The lowest BCUT2D eigenvalue weighted by molar-refractivity contribution is -0.126. The Kier molecular flexibility index (Phi) is 5.48. The molecule has 0 saturated heterocycles. The van der Waals surface area contributed by atoms with Crippen LogP contribution >= 0.6 is 0 Å². The summed E-state index contributed by atoms with van der Waals surface area (Å²) in [5, 5.41) is 6.18. The van der Waals surface area contributed by atoms with Crippen LogP contribution in [0.2, 0.25) is 0 Å². The van der Waals surface area contributed by atoms with Crippen LogP contribution in [0.5, 0.6) is 5.75 Å². The van der Waals surface area contributed by atoms with Crippen LogP contribution in [0.15, 0.2) is 42.7 Å². The molecule has 1 aliphatic rings. The molecule has 1 heterocycles. The molecule has 1 fully saturated rings. The van der Waals surface area contributed by atoms with Gasteiger partial charge in [-0.1, -0.05) is 25.0 Å². The summed E-state index contributed by atoms with van der Waals surface area (Å²) in [7, 11) is 1.65. The van der Waals surface area contributed by atoms with Gasteiger partial charge < -0.3 is 15.4 Å². The van der Waals surface area contributed by atoms with Crippen LogP contribution in [0, 0.1) is 0 Å². The highest BCUT2D eigenvalue weighted by Crippen LogP contribution is 2.42. The van der Waals surface area contributed by atoms with Gasteiger partial charge in [-0.25, -0.2) is 9.97 Å². The van der Waals surface area contributed by atoms with E-state index in [0.29, 0.717) is 19.0 Å². The van der Waals surface area contributed by atoms with Crippen molar-refractivity contribution in [2.24, 2.45) is 0 Å². The van der Waals surface area contributed by atoms with Crippen LogP contribution < -0.4 is 15.4 Å². The molecule has 0 aliphatic heterocycles. The fourth-order valence-electron chi connectivity index (χ4n) is 3.46. The normalized spacial score (nSPS) is 15.6. The molecule has 6 heteroatoms. The van der Waals surface area contributed by atoms with Crippen molar-refractivity contribution in [3.63, 3.8) is 0 Å². The molecule has 2 aromatic rings. The topological polar surface area (TPSA) is 76.1 Å². The predicted molar refractivity (Wildman–Crippen MR) is 96.7 cm³/mol. The molecule has 0 atom stereocenters. The fraction of sp³-hybridized carbons (Fsp3) is 0.421. The Balaban J connectivity index is 1.63. The second-order valence-corrected chi connectivity index (χ2v) is 6.28. The SMILES string of the molecule is COc1cccc(C2(C(=O)NCCNc3ncccn3)CCCC2)c1. The monoisotopic (exact) mass is 340 g/mol. The summed E-state index contributed by atoms with van der Waals surface area (Å²) in [6.07, 6.45) is 7.26. The van der Waals surface area contributed by atoms with Gasteiger partial charge in [-0.05, 0) is 36.6 Å². The molecule has 2 N–H and O–H groups in total. The first-order valence-electron chi connectivity index (χ1n) is 8.68. The molecule has 6 nitrogen and oxygen atoms in total. The number of ether oxygens (including phenoxy) is 1. The van der Waals surface area contributed by atoms with Gasteiger partial charge in [0.1, 0.15) is 5.75 Å². The fourth-order valence-corrected chi connectivity index (χ4v) is 3.46. The van der Waals surface area contributed by atoms with Crippen LogP contribution in [-0.2, 0) is 10.2 Å². The molecule has 1 aromatic carbocycles. The summed E-state index contributed by atoms with van der Waals surface area (Å²) in [4.78, 5) is 21.2. The number of methoxy groups -OCH3 is 1. The van der Waals surface area contributed by atoms with Crippen LogP contribution in [0.1, 0.15) is 31.2 Å². The number of rotatable bonds is 7. The minimum atomic E-state index is -0.447. The van der Waals surface area contributed by atoms with Crippen molar-refractivity contribution in [3.05, 3.63) is 48.3 Å². The smallest absolute Gasteiger partial charge is 0.230 e. The van der Waals surface area contributed by atoms with Crippen molar-refractivity contribution in [2.75, 3.05) is 25.5 Å². The lowest BCUT2D eigenvalue weighted by atomic mass is 9.78. The van der Waals surface area contributed by atoms with Crippen molar-refractivity contribution >= 4 is 11.9 Å². The predicted octanol–water partition coefficient (Wildman–Crippen LogP) is 2.53. The quantitative estimate of drug-likeness (QED) is 0.758. The number of aromatic nitrogens is 2. The van der Waals surface area contributed by atoms with E-state index in [4.69, 9.17) is 4.74 Å². The molecule has 1 saturated carbocycles. The first-order valence-corrected chi connectivity index (χ1v) is 8.68. The first-order chi connectivity index (χ1) is 12.2. The number of hydrogen-bond acceptors (Lipinski definition) is 5. The average Bonchev–Trinajstić information content (AvgIpc) is 3.17. The third-order valence-corrected chi connectivity index (χ3v) is 4.77. The van der Waals surface area contributed by atoms with Gasteiger partial charge in [0.05, 0.1) is 12.5 Å². The highest BCUT2D eigenvalue weighted by atomic mass is 16.5. The van der Waals surface area contributed by atoms with Crippen molar-refractivity contribution in [1.29, 1.82) is 0 Å². The Morgan fingerprint density at radius 2 is 1.92 bits per heavy atom. The third-order valence-electron chi connectivity index (χ3n) is 4.77. The Bertz CT molecular complexity index is 700. The molecule has 0 bridgehead atoms. The van der Waals surface area contributed by atoms with E-state index in [-0.39, 0.29) is 5.91 Å². The Labute approximate surface area is 148 Å². The van der Waals surface area contributed by atoms with E-state index in [2.05, 4.69) is 20.6 Å². The number of hydrogen-bond donors (Lipinski definition) is 2. The van der Waals surface area contributed by atoms with Crippen LogP contribution in [0.4, 0.5) is 5.95 Å². The molecule has 1 amide bonds. The zero-order valence-corrected chi connectivity index (χ0v) is 14.5. The Hall–Kier alpha value is -2.63. The van der Waals surface area contributed by atoms with Gasteiger partial charge in [0.15, 0.2) is 0 Å². The molecule has 0 radical (unpaired) electrons. The summed E-state index contributed by atoms with van der Waals surface area (Å²) < 4.78 is 5.33. The Morgan fingerprint density at radius 3 is 2.64 bits per heavy atom. The molecule has 1 aliphatic carbocycles. The highest BCUT2D eigenvalue weighted by Gasteiger charge is 2.42. The van der Waals surface area contributed by atoms with E-state index in [1.165, 1.54) is 0 Å². The van der Waals surface area contributed by atoms with E-state index < -0.39 is 5.41 Å². The molecular weight excluding hydrogens is 316 g/mol. The maximum absolute atomic E-state index is 13.0. The standard InChI is InChI=1S/C19H24N4O2/c1-25-16-7-4-6-15(14-16)19(8-2-3-9-19)17(24)20-12-13-23-18-21-10-5-11-22-18/h4-7,10-11,14H,2-3,8-9,12-13H2,1H3,(H,20,24)(H,21,22,23). The molecule has 0 spiro atoms. The van der Waals surface area contributed by atoms with Crippen LogP contribution in [0.25, 0.3) is 0 Å². The number of nitrogens with one attached hydrogen (secondary N) is 2. The van der Waals surface area contributed by atoms with E-state index in [0.717, 1.165) is 37.0 Å². The average molecular weight is 340 g/mol. The van der Waals surface area contributed by atoms with E-state index in [1.807, 2.05) is 24.3 Å². The van der Waals surface area contributed by atoms with E-state index in [9.17, 15) is 4.79 Å². The summed E-state index contributed by atoms with van der Waals surface area (Å²) in [5.41, 5.74) is 0.596. The highest BCUT2D eigenvalue weighted by molar-refractivity contribution is 5.88. The minimum Gasteiger partial charge on any atom is -0.497 e. The number of anilines is 1. The van der Waals surface area contributed by atoms with Gasteiger partial charge in [0.25, 0.3) is 0 Å². The summed E-state index contributed by atoms with van der Waals surface area (Å²) in [6, 6.07) is 9.65. The minimum absolute atomic E-state index is 0.0917.